The van der Waals surface area contributed by atoms with E-state index in [1.807, 2.05) is 30.3 Å². The number of hydrogen-bond acceptors (Lipinski definition) is 2. The van der Waals surface area contributed by atoms with Crippen LogP contribution in [0.4, 0.5) is 0 Å². The summed E-state index contributed by atoms with van der Waals surface area (Å²) in [5.41, 5.74) is 1.13. The Morgan fingerprint density at radius 1 is 1.28 bits per heavy atom. The van der Waals surface area contributed by atoms with Gasteiger partial charge in [0.05, 0.1) is 12.5 Å². The average Bonchev–Trinajstić information content (AvgIpc) is 2.43. The Bertz CT molecular complexity index is 452. The SMILES string of the molecule is O=C1C2CCCN(C2)C(=S)N1Cc1ccccc1. The zero-order chi connectivity index (χ0) is 12.5. The molecule has 1 unspecified atom stereocenters. The molecule has 2 saturated heterocycles. The van der Waals surface area contributed by atoms with Crippen LogP contribution in [0.1, 0.15) is 18.4 Å². The van der Waals surface area contributed by atoms with E-state index in [1.54, 1.807) is 4.90 Å². The Labute approximate surface area is 112 Å². The first-order valence-corrected chi connectivity index (χ1v) is 6.81. The molecule has 2 aliphatic rings. The third-order valence-electron chi connectivity index (χ3n) is 3.72. The highest BCUT2D eigenvalue weighted by Gasteiger charge is 2.38. The van der Waals surface area contributed by atoms with Gasteiger partial charge in [0.2, 0.25) is 5.91 Å². The van der Waals surface area contributed by atoms with Crippen molar-refractivity contribution in [3.8, 4) is 0 Å². The van der Waals surface area contributed by atoms with Crippen molar-refractivity contribution in [2.24, 2.45) is 5.92 Å². The second-order valence-electron chi connectivity index (χ2n) is 4.98. The Morgan fingerprint density at radius 2 is 2.06 bits per heavy atom. The molecule has 0 aromatic heterocycles. The predicted molar refractivity (Wildman–Crippen MR) is 73.9 cm³/mol. The second kappa shape index (κ2) is 4.69. The molecular weight excluding hydrogens is 244 g/mol. The molecule has 4 heteroatoms. The first-order valence-electron chi connectivity index (χ1n) is 6.40. The van der Waals surface area contributed by atoms with Crippen molar-refractivity contribution >= 4 is 23.2 Å². The van der Waals surface area contributed by atoms with Crippen molar-refractivity contribution in [2.45, 2.75) is 19.4 Å². The van der Waals surface area contributed by atoms with Crippen LogP contribution in [0.5, 0.6) is 0 Å². The molecule has 2 heterocycles. The minimum Gasteiger partial charge on any atom is -0.348 e. The molecule has 94 valence electrons. The van der Waals surface area contributed by atoms with Gasteiger partial charge in [-0.25, -0.2) is 0 Å². The van der Waals surface area contributed by atoms with E-state index in [0.29, 0.717) is 11.7 Å². The highest BCUT2D eigenvalue weighted by Crippen LogP contribution is 2.26. The lowest BCUT2D eigenvalue weighted by Gasteiger charge is -2.44. The van der Waals surface area contributed by atoms with Gasteiger partial charge < -0.3 is 4.90 Å². The second-order valence-corrected chi connectivity index (χ2v) is 5.34. The summed E-state index contributed by atoms with van der Waals surface area (Å²) in [6.07, 6.45) is 2.08. The molecule has 3 nitrogen and oxygen atoms in total. The smallest absolute Gasteiger partial charge is 0.233 e. The van der Waals surface area contributed by atoms with E-state index in [9.17, 15) is 4.79 Å². The van der Waals surface area contributed by atoms with Crippen LogP contribution < -0.4 is 0 Å². The maximum atomic E-state index is 12.4. The number of fused-ring (bicyclic) bond motifs is 2. The van der Waals surface area contributed by atoms with Gasteiger partial charge >= 0.3 is 0 Å². The third-order valence-corrected chi connectivity index (χ3v) is 4.20. The van der Waals surface area contributed by atoms with E-state index < -0.39 is 0 Å². The first kappa shape index (κ1) is 11.7. The molecule has 0 spiro atoms. The predicted octanol–water partition coefficient (Wildman–Crippen LogP) is 2.03. The van der Waals surface area contributed by atoms with Crippen molar-refractivity contribution in [3.63, 3.8) is 0 Å². The Hall–Kier alpha value is -1.42. The fourth-order valence-corrected chi connectivity index (χ4v) is 3.07. The fraction of sp³-hybridized carbons (Fsp3) is 0.429. The molecule has 2 aliphatic heterocycles. The van der Waals surface area contributed by atoms with Gasteiger partial charge in [-0.05, 0) is 30.6 Å². The van der Waals surface area contributed by atoms with Crippen LogP contribution in [0, 0.1) is 5.92 Å². The first-order chi connectivity index (χ1) is 8.75. The molecular formula is C14H16N2OS. The number of nitrogens with zero attached hydrogens (tertiary/aromatic N) is 2. The number of benzene rings is 1. The van der Waals surface area contributed by atoms with Crippen LogP contribution in [0.3, 0.4) is 0 Å². The van der Waals surface area contributed by atoms with Crippen LogP contribution in [0.25, 0.3) is 0 Å². The standard InChI is InChI=1S/C14H16N2OS/c17-13-12-7-4-8-15(10-12)14(18)16(13)9-11-5-2-1-3-6-11/h1-3,5-6,12H,4,7-10H2. The van der Waals surface area contributed by atoms with Crippen LogP contribution in [-0.4, -0.2) is 33.9 Å². The lowest BCUT2D eigenvalue weighted by Crippen LogP contribution is -2.58. The third kappa shape index (κ3) is 2.01. The molecule has 3 rings (SSSR count). The molecule has 1 aromatic carbocycles. The quantitative estimate of drug-likeness (QED) is 0.760. The van der Waals surface area contributed by atoms with Crippen LogP contribution in [0.2, 0.25) is 0 Å². The van der Waals surface area contributed by atoms with Gasteiger partial charge in [-0.1, -0.05) is 30.3 Å². The van der Waals surface area contributed by atoms with Gasteiger partial charge in [-0.3, -0.25) is 9.69 Å². The summed E-state index contributed by atoms with van der Waals surface area (Å²) in [7, 11) is 0. The monoisotopic (exact) mass is 260 g/mol. The van der Waals surface area contributed by atoms with Gasteiger partial charge in [-0.2, -0.15) is 0 Å². The summed E-state index contributed by atoms with van der Waals surface area (Å²) < 4.78 is 0. The molecule has 1 aromatic rings. The summed E-state index contributed by atoms with van der Waals surface area (Å²) in [5.74, 6) is 0.356. The van der Waals surface area contributed by atoms with E-state index in [1.165, 1.54) is 0 Å². The largest absolute Gasteiger partial charge is 0.348 e. The van der Waals surface area contributed by atoms with Gasteiger partial charge in [-0.15, -0.1) is 0 Å². The number of thiocarbonyl (C=S) groups is 1. The lowest BCUT2D eigenvalue weighted by atomic mass is 9.94. The van der Waals surface area contributed by atoms with Crippen molar-refractivity contribution in [1.82, 2.24) is 9.80 Å². The van der Waals surface area contributed by atoms with Gasteiger partial charge in [0.25, 0.3) is 0 Å². The van der Waals surface area contributed by atoms with Crippen molar-refractivity contribution < 1.29 is 4.79 Å². The van der Waals surface area contributed by atoms with Gasteiger partial charge in [0, 0.05) is 13.1 Å². The topological polar surface area (TPSA) is 23.6 Å². The molecule has 0 aliphatic carbocycles. The summed E-state index contributed by atoms with van der Waals surface area (Å²) in [6.45, 7) is 2.42. The molecule has 18 heavy (non-hydrogen) atoms. The van der Waals surface area contributed by atoms with E-state index >= 15 is 0 Å². The number of amides is 1. The number of carbonyl (C=O) groups is 1. The van der Waals surface area contributed by atoms with Crippen LogP contribution in [0.15, 0.2) is 30.3 Å². The zero-order valence-corrected chi connectivity index (χ0v) is 11.0. The molecule has 1 atom stereocenters. The Balaban J connectivity index is 1.82. The number of piperidine rings is 1. The van der Waals surface area contributed by atoms with Gasteiger partial charge in [0.1, 0.15) is 0 Å². The molecule has 2 fully saturated rings. The number of carbonyl (C=O) groups excluding carboxylic acids is 1. The molecule has 1 amide bonds. The Morgan fingerprint density at radius 3 is 2.83 bits per heavy atom. The van der Waals surface area contributed by atoms with E-state index in [0.717, 1.165) is 31.5 Å². The summed E-state index contributed by atoms with van der Waals surface area (Å²) in [6, 6.07) is 10.0. The maximum Gasteiger partial charge on any atom is 0.233 e. The Kier molecular flexibility index (Phi) is 3.04. The van der Waals surface area contributed by atoms with E-state index in [2.05, 4.69) is 4.90 Å². The van der Waals surface area contributed by atoms with Crippen LogP contribution >= 0.6 is 12.2 Å². The number of hydrogen-bond donors (Lipinski definition) is 0. The average molecular weight is 260 g/mol. The minimum absolute atomic E-state index is 0.147. The summed E-state index contributed by atoms with van der Waals surface area (Å²) in [4.78, 5) is 16.3. The fourth-order valence-electron chi connectivity index (χ4n) is 2.75. The normalized spacial score (nSPS) is 23.4. The zero-order valence-electron chi connectivity index (χ0n) is 10.2. The minimum atomic E-state index is 0.147. The van der Waals surface area contributed by atoms with E-state index in [-0.39, 0.29) is 11.8 Å². The maximum absolute atomic E-state index is 12.4. The summed E-state index contributed by atoms with van der Waals surface area (Å²) >= 11 is 5.44. The molecule has 0 N–H and O–H groups in total. The lowest BCUT2D eigenvalue weighted by molar-refractivity contribution is -0.136. The summed E-state index contributed by atoms with van der Waals surface area (Å²) in [5, 5.41) is 0.708. The van der Waals surface area contributed by atoms with Crippen molar-refractivity contribution in [1.29, 1.82) is 0 Å². The molecule has 0 saturated carbocycles. The number of rotatable bonds is 2. The van der Waals surface area contributed by atoms with Crippen molar-refractivity contribution in [2.75, 3.05) is 13.1 Å². The molecule has 0 radical (unpaired) electrons. The van der Waals surface area contributed by atoms with Gasteiger partial charge in [0.15, 0.2) is 5.11 Å². The van der Waals surface area contributed by atoms with Crippen LogP contribution in [-0.2, 0) is 11.3 Å². The highest BCUT2D eigenvalue weighted by molar-refractivity contribution is 7.80. The van der Waals surface area contributed by atoms with Crippen molar-refractivity contribution in [3.05, 3.63) is 35.9 Å². The van der Waals surface area contributed by atoms with E-state index in [4.69, 9.17) is 12.2 Å². The molecule has 2 bridgehead atoms. The highest BCUT2D eigenvalue weighted by atomic mass is 32.1.